The van der Waals surface area contributed by atoms with Gasteiger partial charge >= 0.3 is 35.8 Å². The van der Waals surface area contributed by atoms with Crippen molar-refractivity contribution in [3.63, 3.8) is 0 Å². The summed E-state index contributed by atoms with van der Waals surface area (Å²) < 4.78 is 36.9. The summed E-state index contributed by atoms with van der Waals surface area (Å²) in [5.74, 6) is -5.79. The van der Waals surface area contributed by atoms with Crippen molar-refractivity contribution in [1.29, 1.82) is 0 Å². The summed E-state index contributed by atoms with van der Waals surface area (Å²) in [4.78, 5) is 80.0. The second-order valence-corrected chi connectivity index (χ2v) is 15.2. The maximum absolute atomic E-state index is 14.4. The Morgan fingerprint density at radius 3 is 1.64 bits per heavy atom. The molecule has 3 aliphatic carbocycles. The summed E-state index contributed by atoms with van der Waals surface area (Å²) in [6.45, 7) is 15.4. The average Bonchev–Trinajstić information content (AvgIpc) is 3.36. The molecule has 2 aromatic carbocycles. The Morgan fingerprint density at radius 1 is 0.691 bits per heavy atom. The molecule has 9 atom stereocenters. The third-order valence-electron chi connectivity index (χ3n) is 11.3. The molecule has 0 aliphatic heterocycles. The predicted octanol–water partition coefficient (Wildman–Crippen LogP) is 5.24. The molecule has 0 heterocycles. The molecule has 2 saturated carbocycles. The van der Waals surface area contributed by atoms with Crippen molar-refractivity contribution in [3.8, 4) is 0 Å². The van der Waals surface area contributed by atoms with Crippen molar-refractivity contribution >= 4 is 35.8 Å². The molecule has 0 saturated heterocycles. The topological polar surface area (TPSA) is 178 Å². The lowest BCUT2D eigenvalue weighted by Crippen LogP contribution is -2.64. The maximum atomic E-state index is 14.4. The highest BCUT2D eigenvalue weighted by atomic mass is 16.6. The van der Waals surface area contributed by atoms with Crippen LogP contribution in [-0.2, 0) is 47.6 Å². The second kappa shape index (κ2) is 15.4. The molecule has 0 unspecified atom stereocenters. The number of hydrogen-bond acceptors (Lipinski definition) is 13. The van der Waals surface area contributed by atoms with E-state index in [1.807, 2.05) is 0 Å². The summed E-state index contributed by atoms with van der Waals surface area (Å²) in [5.41, 5.74) is -4.41. The van der Waals surface area contributed by atoms with Crippen LogP contribution in [0.1, 0.15) is 88.9 Å². The first-order chi connectivity index (χ1) is 25.7. The Kier molecular flexibility index (Phi) is 11.5. The number of benzene rings is 2. The Morgan fingerprint density at radius 2 is 1.16 bits per heavy atom. The quantitative estimate of drug-likeness (QED) is 0.200. The van der Waals surface area contributed by atoms with Crippen LogP contribution in [0.15, 0.2) is 84.0 Å². The van der Waals surface area contributed by atoms with E-state index in [9.17, 15) is 33.9 Å². The van der Waals surface area contributed by atoms with E-state index in [1.165, 1.54) is 46.8 Å². The van der Waals surface area contributed by atoms with Crippen LogP contribution in [0, 0.1) is 16.7 Å². The van der Waals surface area contributed by atoms with Crippen molar-refractivity contribution < 1.29 is 62.3 Å². The molecule has 294 valence electrons. The number of fused-ring (bicyclic) bond motifs is 2. The van der Waals surface area contributed by atoms with Gasteiger partial charge in [0.05, 0.1) is 27.6 Å². The van der Waals surface area contributed by atoms with Crippen molar-refractivity contribution in [2.45, 2.75) is 110 Å². The SMILES string of the molecule is C=C1[C@@H](OC(C)=O)C[C@H](OC(C)=O)[C@]2(C)[C@@H](OC(C)=O)[C@H](OC(=O)c3ccccc3)C3=C(C)[C@H](OC(C)=O)C[C@@]3(C(C)(C)O)[C@@H](OC(=O)c3ccccc3)[C@H]12. The summed E-state index contributed by atoms with van der Waals surface area (Å²) in [6, 6.07) is 16.1. The zero-order valence-electron chi connectivity index (χ0n) is 32.3. The van der Waals surface area contributed by atoms with E-state index in [-0.39, 0.29) is 35.1 Å². The van der Waals surface area contributed by atoms with Gasteiger partial charge in [0.2, 0.25) is 0 Å². The molecule has 1 N–H and O–H groups in total. The monoisotopic (exact) mass is 760 g/mol. The van der Waals surface area contributed by atoms with Crippen LogP contribution >= 0.6 is 0 Å². The Labute approximate surface area is 319 Å². The fraction of sp³-hybridized carbons (Fsp3) is 0.476. The minimum absolute atomic E-state index is 0.142. The molecule has 2 aromatic rings. The highest BCUT2D eigenvalue weighted by Crippen LogP contribution is 2.66. The molecule has 55 heavy (non-hydrogen) atoms. The zero-order valence-corrected chi connectivity index (χ0v) is 32.3. The summed E-state index contributed by atoms with van der Waals surface area (Å²) in [7, 11) is 0. The molecule has 0 radical (unpaired) electrons. The molecule has 5 rings (SSSR count). The first kappa shape index (κ1) is 40.9. The molecular formula is C42H48O13. The van der Waals surface area contributed by atoms with Crippen LogP contribution in [0.4, 0.5) is 0 Å². The minimum Gasteiger partial charge on any atom is -0.462 e. The Bertz CT molecular complexity index is 1890. The van der Waals surface area contributed by atoms with Crippen LogP contribution in [-0.4, -0.2) is 83.1 Å². The van der Waals surface area contributed by atoms with Gasteiger partial charge in [-0.05, 0) is 61.8 Å². The molecule has 0 bridgehead atoms. The number of rotatable bonds is 9. The fourth-order valence-corrected chi connectivity index (χ4v) is 9.00. The molecule has 13 heteroatoms. The van der Waals surface area contributed by atoms with Gasteiger partial charge in [0.25, 0.3) is 0 Å². The van der Waals surface area contributed by atoms with Crippen molar-refractivity contribution in [1.82, 2.24) is 0 Å². The number of carbonyl (C=O) groups is 6. The van der Waals surface area contributed by atoms with Gasteiger partial charge in [0.1, 0.15) is 24.4 Å². The van der Waals surface area contributed by atoms with E-state index >= 15 is 0 Å². The third kappa shape index (κ3) is 7.54. The van der Waals surface area contributed by atoms with Crippen molar-refractivity contribution in [3.05, 3.63) is 95.1 Å². The van der Waals surface area contributed by atoms with Crippen LogP contribution in [0.25, 0.3) is 0 Å². The molecule has 0 amide bonds. The van der Waals surface area contributed by atoms with E-state index < -0.39 is 94.8 Å². The predicted molar refractivity (Wildman–Crippen MR) is 195 cm³/mol. The first-order valence-corrected chi connectivity index (χ1v) is 18.1. The summed E-state index contributed by atoms with van der Waals surface area (Å²) >= 11 is 0. The largest absolute Gasteiger partial charge is 0.462 e. The van der Waals surface area contributed by atoms with Gasteiger partial charge in [0.15, 0.2) is 12.2 Å². The van der Waals surface area contributed by atoms with E-state index in [2.05, 4.69) is 6.58 Å². The normalized spacial score (nSPS) is 30.1. The average molecular weight is 761 g/mol. The number of ether oxygens (including phenoxy) is 6. The maximum Gasteiger partial charge on any atom is 0.338 e. The summed E-state index contributed by atoms with van der Waals surface area (Å²) in [6.07, 6.45) is -8.43. The van der Waals surface area contributed by atoms with Crippen molar-refractivity contribution in [2.24, 2.45) is 16.7 Å². The molecule has 13 nitrogen and oxygen atoms in total. The Hall–Kier alpha value is -5.30. The van der Waals surface area contributed by atoms with Crippen LogP contribution in [0.5, 0.6) is 0 Å². The van der Waals surface area contributed by atoms with E-state index in [0.29, 0.717) is 5.57 Å². The van der Waals surface area contributed by atoms with Gasteiger partial charge in [0, 0.05) is 46.5 Å². The van der Waals surface area contributed by atoms with E-state index in [1.54, 1.807) is 62.4 Å². The number of hydrogen-bond donors (Lipinski definition) is 1. The smallest absolute Gasteiger partial charge is 0.338 e. The fourth-order valence-electron chi connectivity index (χ4n) is 9.00. The standard InChI is InChI=1S/C42H48O13/c1-22-30(50-24(3)43)20-32(52-26(5)45)41(9)34(22)36(55-39(48)29-18-14-11-15-19-29)42(40(7,8)49)21-31(51-25(4)44)23(2)33(42)35(37(41)53-27(6)46)54-38(47)28-16-12-10-13-17-28/h10-19,30-32,34-37,49H,1,20-21H2,2-9H3/t30-,31+,32-,34-,35+,36-,37-,41-,42-/m0/s1. The number of esters is 6. The van der Waals surface area contributed by atoms with Crippen LogP contribution < -0.4 is 0 Å². The number of aliphatic hydroxyl groups is 1. The van der Waals surface area contributed by atoms with Gasteiger partial charge in [-0.1, -0.05) is 49.9 Å². The summed E-state index contributed by atoms with van der Waals surface area (Å²) in [5, 5.41) is 12.7. The van der Waals surface area contributed by atoms with Crippen molar-refractivity contribution in [2.75, 3.05) is 0 Å². The molecule has 0 spiro atoms. The third-order valence-corrected chi connectivity index (χ3v) is 11.3. The Balaban J connectivity index is 1.95. The number of carbonyl (C=O) groups excluding carboxylic acids is 6. The van der Waals surface area contributed by atoms with E-state index in [0.717, 1.165) is 6.92 Å². The highest BCUT2D eigenvalue weighted by molar-refractivity contribution is 5.90. The first-order valence-electron chi connectivity index (χ1n) is 18.1. The molecular weight excluding hydrogens is 712 g/mol. The zero-order chi connectivity index (χ0) is 40.6. The van der Waals surface area contributed by atoms with Gasteiger partial charge in [-0.3, -0.25) is 19.2 Å². The molecule has 2 fully saturated rings. The van der Waals surface area contributed by atoms with Gasteiger partial charge in [-0.15, -0.1) is 0 Å². The van der Waals surface area contributed by atoms with Crippen LogP contribution in [0.2, 0.25) is 0 Å². The lowest BCUT2D eigenvalue weighted by atomic mass is 9.54. The lowest BCUT2D eigenvalue weighted by Gasteiger charge is -2.56. The van der Waals surface area contributed by atoms with Gasteiger partial charge in [-0.25, -0.2) is 9.59 Å². The van der Waals surface area contributed by atoms with Gasteiger partial charge in [-0.2, -0.15) is 0 Å². The molecule has 0 aromatic heterocycles. The molecule has 3 aliphatic rings. The lowest BCUT2D eigenvalue weighted by molar-refractivity contribution is -0.209. The minimum atomic E-state index is -1.91. The van der Waals surface area contributed by atoms with Gasteiger partial charge < -0.3 is 33.5 Å². The van der Waals surface area contributed by atoms with Crippen LogP contribution in [0.3, 0.4) is 0 Å². The second-order valence-electron chi connectivity index (χ2n) is 15.2. The highest BCUT2D eigenvalue weighted by Gasteiger charge is 2.74. The van der Waals surface area contributed by atoms with E-state index in [4.69, 9.17) is 28.4 Å².